The van der Waals surface area contributed by atoms with Crippen molar-refractivity contribution in [3.63, 3.8) is 0 Å². The van der Waals surface area contributed by atoms with Crippen molar-refractivity contribution in [1.82, 2.24) is 5.32 Å². The SMILES string of the molecule is CC(NC(=O)CCCCN)C(=O)O. The molecule has 0 saturated heterocycles. The minimum Gasteiger partial charge on any atom is -0.480 e. The molecule has 0 radical (unpaired) electrons. The summed E-state index contributed by atoms with van der Waals surface area (Å²) in [4.78, 5) is 21.3. The van der Waals surface area contributed by atoms with Gasteiger partial charge in [0.2, 0.25) is 5.91 Å². The zero-order valence-electron chi connectivity index (χ0n) is 7.75. The Hall–Kier alpha value is -1.10. The number of unbranched alkanes of at least 4 members (excludes halogenated alkanes) is 1. The number of carbonyl (C=O) groups excluding carboxylic acids is 1. The number of carboxylic acid groups (broad SMARTS) is 1. The second-order valence-corrected chi connectivity index (χ2v) is 2.87. The smallest absolute Gasteiger partial charge is 0.325 e. The molecule has 0 spiro atoms. The number of carbonyl (C=O) groups is 2. The Kier molecular flexibility index (Phi) is 5.88. The lowest BCUT2D eigenvalue weighted by Crippen LogP contribution is -2.38. The van der Waals surface area contributed by atoms with Gasteiger partial charge in [0.1, 0.15) is 6.04 Å². The van der Waals surface area contributed by atoms with Crippen LogP contribution in [-0.4, -0.2) is 29.6 Å². The number of rotatable bonds is 6. The fraction of sp³-hybridized carbons (Fsp3) is 0.750. The van der Waals surface area contributed by atoms with Gasteiger partial charge in [-0.25, -0.2) is 0 Å². The second kappa shape index (κ2) is 6.42. The lowest BCUT2D eigenvalue weighted by molar-refractivity contribution is -0.141. The van der Waals surface area contributed by atoms with E-state index in [1.165, 1.54) is 6.92 Å². The first-order valence-corrected chi connectivity index (χ1v) is 4.30. The van der Waals surface area contributed by atoms with E-state index in [1.54, 1.807) is 0 Å². The van der Waals surface area contributed by atoms with Crippen molar-refractivity contribution >= 4 is 11.9 Å². The predicted octanol–water partition coefficient (Wildman–Crippen LogP) is -0.295. The fourth-order valence-corrected chi connectivity index (χ4v) is 0.805. The molecule has 5 nitrogen and oxygen atoms in total. The summed E-state index contributed by atoms with van der Waals surface area (Å²) in [6.07, 6.45) is 1.83. The molecule has 0 aromatic heterocycles. The van der Waals surface area contributed by atoms with Crippen LogP contribution in [0.5, 0.6) is 0 Å². The molecule has 1 atom stereocenters. The lowest BCUT2D eigenvalue weighted by atomic mass is 10.2. The first kappa shape index (κ1) is 11.9. The van der Waals surface area contributed by atoms with Crippen LogP contribution in [0.4, 0.5) is 0 Å². The second-order valence-electron chi connectivity index (χ2n) is 2.87. The summed E-state index contributed by atoms with van der Waals surface area (Å²) in [5.41, 5.74) is 5.24. The lowest BCUT2D eigenvalue weighted by Gasteiger charge is -2.08. The number of hydrogen-bond acceptors (Lipinski definition) is 3. The summed E-state index contributed by atoms with van der Waals surface area (Å²) in [7, 11) is 0. The highest BCUT2D eigenvalue weighted by atomic mass is 16.4. The topological polar surface area (TPSA) is 92.4 Å². The van der Waals surface area contributed by atoms with Gasteiger partial charge in [-0.05, 0) is 26.3 Å². The highest BCUT2D eigenvalue weighted by Crippen LogP contribution is 1.94. The molecule has 1 amide bonds. The standard InChI is InChI=1S/C8H16N2O3/c1-6(8(12)13)10-7(11)4-2-3-5-9/h6H,2-5,9H2,1H3,(H,10,11)(H,12,13). The van der Waals surface area contributed by atoms with Crippen molar-refractivity contribution in [2.75, 3.05) is 6.54 Å². The molecule has 0 saturated carbocycles. The molecular weight excluding hydrogens is 172 g/mol. The molecule has 0 aromatic rings. The number of amides is 1. The van der Waals surface area contributed by atoms with Crippen molar-refractivity contribution in [3.05, 3.63) is 0 Å². The molecule has 1 unspecified atom stereocenters. The Balaban J connectivity index is 3.56. The number of nitrogens with one attached hydrogen (secondary N) is 1. The Bertz CT molecular complexity index is 182. The Morgan fingerprint density at radius 1 is 1.46 bits per heavy atom. The first-order valence-electron chi connectivity index (χ1n) is 4.30. The maximum atomic E-state index is 11.0. The Morgan fingerprint density at radius 2 is 2.08 bits per heavy atom. The van der Waals surface area contributed by atoms with Crippen LogP contribution < -0.4 is 11.1 Å². The fourth-order valence-electron chi connectivity index (χ4n) is 0.805. The average Bonchev–Trinajstić information content (AvgIpc) is 2.04. The van der Waals surface area contributed by atoms with Crippen molar-refractivity contribution in [3.8, 4) is 0 Å². The Morgan fingerprint density at radius 3 is 2.54 bits per heavy atom. The van der Waals surface area contributed by atoms with Gasteiger partial charge in [0.15, 0.2) is 0 Å². The predicted molar refractivity (Wildman–Crippen MR) is 48.1 cm³/mol. The third-order valence-corrected chi connectivity index (χ3v) is 1.61. The maximum absolute atomic E-state index is 11.0. The van der Waals surface area contributed by atoms with E-state index >= 15 is 0 Å². The van der Waals surface area contributed by atoms with Gasteiger partial charge in [0.05, 0.1) is 0 Å². The molecular formula is C8H16N2O3. The van der Waals surface area contributed by atoms with E-state index in [0.29, 0.717) is 19.4 Å². The maximum Gasteiger partial charge on any atom is 0.325 e. The number of hydrogen-bond donors (Lipinski definition) is 3. The summed E-state index contributed by atoms with van der Waals surface area (Å²) in [5, 5.41) is 10.8. The van der Waals surface area contributed by atoms with Gasteiger partial charge in [-0.3, -0.25) is 9.59 Å². The molecule has 0 bridgehead atoms. The van der Waals surface area contributed by atoms with Gasteiger partial charge in [-0.15, -0.1) is 0 Å². The van der Waals surface area contributed by atoms with Gasteiger partial charge < -0.3 is 16.2 Å². The molecule has 0 fully saturated rings. The average molecular weight is 188 g/mol. The highest BCUT2D eigenvalue weighted by Gasteiger charge is 2.12. The summed E-state index contributed by atoms with van der Waals surface area (Å²) < 4.78 is 0. The summed E-state index contributed by atoms with van der Waals surface area (Å²) in [5.74, 6) is -1.25. The van der Waals surface area contributed by atoms with Gasteiger partial charge in [0, 0.05) is 6.42 Å². The quantitative estimate of drug-likeness (QED) is 0.499. The van der Waals surface area contributed by atoms with E-state index in [-0.39, 0.29) is 5.91 Å². The highest BCUT2D eigenvalue weighted by molar-refractivity contribution is 5.83. The largest absolute Gasteiger partial charge is 0.480 e. The van der Waals surface area contributed by atoms with Crippen molar-refractivity contribution in [2.45, 2.75) is 32.2 Å². The Labute approximate surface area is 77.3 Å². The van der Waals surface area contributed by atoms with E-state index in [0.717, 1.165) is 6.42 Å². The molecule has 0 aliphatic carbocycles. The van der Waals surface area contributed by atoms with Crippen molar-refractivity contribution in [2.24, 2.45) is 5.73 Å². The van der Waals surface area contributed by atoms with E-state index in [9.17, 15) is 9.59 Å². The van der Waals surface area contributed by atoms with Crippen LogP contribution in [0.2, 0.25) is 0 Å². The first-order chi connectivity index (χ1) is 6.07. The third-order valence-electron chi connectivity index (χ3n) is 1.61. The third kappa shape index (κ3) is 6.10. The monoisotopic (exact) mass is 188 g/mol. The molecule has 0 rings (SSSR count). The summed E-state index contributed by atoms with van der Waals surface area (Å²) >= 11 is 0. The van der Waals surface area contributed by atoms with Crippen LogP contribution in [0.3, 0.4) is 0 Å². The van der Waals surface area contributed by atoms with E-state index in [1.807, 2.05) is 0 Å². The zero-order valence-corrected chi connectivity index (χ0v) is 7.75. The van der Waals surface area contributed by atoms with Crippen LogP contribution in [-0.2, 0) is 9.59 Å². The zero-order chi connectivity index (χ0) is 10.3. The van der Waals surface area contributed by atoms with Gasteiger partial charge in [-0.1, -0.05) is 0 Å². The molecule has 13 heavy (non-hydrogen) atoms. The number of carboxylic acids is 1. The normalized spacial score (nSPS) is 12.2. The van der Waals surface area contributed by atoms with Gasteiger partial charge in [-0.2, -0.15) is 0 Å². The molecule has 0 aromatic carbocycles. The summed E-state index contributed by atoms with van der Waals surface area (Å²) in [6.45, 7) is 1.99. The van der Waals surface area contributed by atoms with Crippen LogP contribution in [0, 0.1) is 0 Å². The van der Waals surface area contributed by atoms with Crippen molar-refractivity contribution in [1.29, 1.82) is 0 Å². The van der Waals surface area contributed by atoms with Gasteiger partial charge >= 0.3 is 5.97 Å². The molecule has 5 heteroatoms. The van der Waals surface area contributed by atoms with Crippen molar-refractivity contribution < 1.29 is 14.7 Å². The number of nitrogens with two attached hydrogens (primary N) is 1. The van der Waals surface area contributed by atoms with Crippen LogP contribution in [0.25, 0.3) is 0 Å². The van der Waals surface area contributed by atoms with E-state index in [4.69, 9.17) is 10.8 Å². The molecule has 4 N–H and O–H groups in total. The van der Waals surface area contributed by atoms with E-state index in [2.05, 4.69) is 5.32 Å². The van der Waals surface area contributed by atoms with E-state index < -0.39 is 12.0 Å². The van der Waals surface area contributed by atoms with Gasteiger partial charge in [0.25, 0.3) is 0 Å². The molecule has 76 valence electrons. The number of aliphatic carboxylic acids is 1. The summed E-state index contributed by atoms with van der Waals surface area (Å²) in [6, 6.07) is -0.814. The minimum absolute atomic E-state index is 0.233. The van der Waals surface area contributed by atoms with Crippen LogP contribution in [0.15, 0.2) is 0 Å². The van der Waals surface area contributed by atoms with Crippen LogP contribution in [0.1, 0.15) is 26.2 Å². The molecule has 0 heterocycles. The molecule has 0 aliphatic heterocycles. The van der Waals surface area contributed by atoms with Crippen LogP contribution >= 0.6 is 0 Å². The minimum atomic E-state index is -1.02. The molecule has 0 aliphatic rings.